The molecule has 204 valence electrons. The fourth-order valence-electron chi connectivity index (χ4n) is 4.96. The van der Waals surface area contributed by atoms with E-state index in [2.05, 4.69) is 20.1 Å². The predicted octanol–water partition coefficient (Wildman–Crippen LogP) is 0.482. The lowest BCUT2D eigenvalue weighted by Gasteiger charge is -2.33. The molecule has 2 unspecified atom stereocenters. The fraction of sp³-hybridized carbons (Fsp3) is 0.500. The second-order valence-electron chi connectivity index (χ2n) is 9.53. The zero-order chi connectivity index (χ0) is 26.9. The van der Waals surface area contributed by atoms with E-state index in [0.29, 0.717) is 57.9 Å². The van der Waals surface area contributed by atoms with Crippen LogP contribution in [0.4, 0.5) is 5.69 Å². The van der Waals surface area contributed by atoms with Crippen LogP contribution in [0.3, 0.4) is 0 Å². The third kappa shape index (κ3) is 7.10. The normalized spacial score (nSPS) is 20.0. The molecule has 0 radical (unpaired) electrons. The molecule has 2 atom stereocenters. The van der Waals surface area contributed by atoms with Crippen LogP contribution < -0.4 is 11.1 Å². The molecule has 0 bridgehead atoms. The lowest BCUT2D eigenvalue weighted by molar-refractivity contribution is -0.384. The van der Waals surface area contributed by atoms with E-state index in [9.17, 15) is 19.7 Å². The summed E-state index contributed by atoms with van der Waals surface area (Å²) >= 11 is 0. The third-order valence-corrected chi connectivity index (χ3v) is 7.05. The van der Waals surface area contributed by atoms with Gasteiger partial charge >= 0.3 is 0 Å². The summed E-state index contributed by atoms with van der Waals surface area (Å²) in [6.07, 6.45) is 3.59. The van der Waals surface area contributed by atoms with Crippen LogP contribution in [0.1, 0.15) is 22.3 Å². The van der Waals surface area contributed by atoms with Gasteiger partial charge in [0, 0.05) is 82.9 Å². The summed E-state index contributed by atoms with van der Waals surface area (Å²) in [7, 11) is 0. The average molecular weight is 526 g/mol. The third-order valence-electron chi connectivity index (χ3n) is 7.05. The number of nitrogens with two attached hydrogens (primary N) is 1. The van der Waals surface area contributed by atoms with Gasteiger partial charge in [-0.2, -0.15) is 0 Å². The Morgan fingerprint density at radius 2 is 1.97 bits per heavy atom. The second-order valence-corrected chi connectivity index (χ2v) is 9.53. The number of nitro benzene ring substituents is 1. The number of hydrogen-bond acceptors (Lipinski definition) is 9. The summed E-state index contributed by atoms with van der Waals surface area (Å²) in [5.41, 5.74) is 7.00. The number of rotatable bonds is 11. The van der Waals surface area contributed by atoms with Crippen LogP contribution in [0.5, 0.6) is 0 Å². The number of amides is 2. The maximum Gasteiger partial charge on any atom is 0.269 e. The number of morpholine rings is 1. The van der Waals surface area contributed by atoms with Crippen molar-refractivity contribution in [3.63, 3.8) is 0 Å². The first-order chi connectivity index (χ1) is 18.5. The maximum atomic E-state index is 13.4. The van der Waals surface area contributed by atoms with Gasteiger partial charge < -0.3 is 20.7 Å². The molecule has 0 spiro atoms. The summed E-state index contributed by atoms with van der Waals surface area (Å²) < 4.78 is 5.47. The van der Waals surface area contributed by atoms with E-state index in [0.717, 1.165) is 25.2 Å². The number of carbonyl (C=O) groups is 2. The number of ether oxygens (including phenoxy) is 1. The molecule has 2 aromatic rings. The van der Waals surface area contributed by atoms with Gasteiger partial charge in [0.15, 0.2) is 0 Å². The van der Waals surface area contributed by atoms with E-state index in [1.165, 1.54) is 18.3 Å². The summed E-state index contributed by atoms with van der Waals surface area (Å²) in [4.78, 5) is 47.6. The minimum absolute atomic E-state index is 0.0411. The molecule has 2 fully saturated rings. The van der Waals surface area contributed by atoms with Crippen LogP contribution in [-0.4, -0.2) is 108 Å². The lowest BCUT2D eigenvalue weighted by Crippen LogP contribution is -2.47. The molecule has 2 aliphatic rings. The highest BCUT2D eigenvalue weighted by atomic mass is 16.6. The van der Waals surface area contributed by atoms with Crippen molar-refractivity contribution in [2.45, 2.75) is 25.0 Å². The molecule has 3 heterocycles. The standard InChI is InChI=1S/C26H35N7O5/c27-7-9-29-25(34)24-16-23(19-32(24)26(35)21-2-1-8-28-17-21)31(11-10-30-12-14-38-15-13-30)18-20-3-5-22(6-4-20)33(36)37/h1-6,8,17,23-24H,7,9-16,18-19,27H2,(H,29,34). The van der Waals surface area contributed by atoms with E-state index in [4.69, 9.17) is 10.5 Å². The zero-order valence-electron chi connectivity index (χ0n) is 21.4. The predicted molar refractivity (Wildman–Crippen MR) is 140 cm³/mol. The second kappa shape index (κ2) is 13.4. The number of nitrogens with one attached hydrogen (secondary N) is 1. The zero-order valence-corrected chi connectivity index (χ0v) is 21.4. The molecular formula is C26H35N7O5. The number of aromatic nitrogens is 1. The number of hydrogen-bond donors (Lipinski definition) is 2. The molecule has 2 amide bonds. The van der Waals surface area contributed by atoms with Gasteiger partial charge in [-0.05, 0) is 24.1 Å². The monoisotopic (exact) mass is 525 g/mol. The van der Waals surface area contributed by atoms with Crippen molar-refractivity contribution in [3.05, 3.63) is 70.0 Å². The van der Waals surface area contributed by atoms with Gasteiger partial charge in [-0.3, -0.25) is 34.5 Å². The summed E-state index contributed by atoms with van der Waals surface area (Å²) in [6.45, 7) is 6.19. The Bertz CT molecular complexity index is 1080. The molecule has 2 saturated heterocycles. The van der Waals surface area contributed by atoms with Gasteiger partial charge in [-0.1, -0.05) is 12.1 Å². The molecule has 1 aromatic carbocycles. The Morgan fingerprint density at radius 3 is 2.63 bits per heavy atom. The van der Waals surface area contributed by atoms with Crippen LogP contribution >= 0.6 is 0 Å². The van der Waals surface area contributed by atoms with E-state index >= 15 is 0 Å². The number of pyridine rings is 1. The molecule has 0 aliphatic carbocycles. The van der Waals surface area contributed by atoms with Crippen LogP contribution in [0.2, 0.25) is 0 Å². The van der Waals surface area contributed by atoms with E-state index in [1.807, 2.05) is 0 Å². The minimum atomic E-state index is -0.637. The smallest absolute Gasteiger partial charge is 0.269 e. The van der Waals surface area contributed by atoms with Crippen molar-refractivity contribution in [3.8, 4) is 0 Å². The van der Waals surface area contributed by atoms with Crippen molar-refractivity contribution in [2.24, 2.45) is 5.73 Å². The molecule has 4 rings (SSSR count). The topological polar surface area (TPSA) is 147 Å². The Balaban J connectivity index is 1.55. The summed E-state index contributed by atoms with van der Waals surface area (Å²) in [6, 6.07) is 9.22. The van der Waals surface area contributed by atoms with E-state index < -0.39 is 11.0 Å². The molecular weight excluding hydrogens is 490 g/mol. The first-order valence-corrected chi connectivity index (χ1v) is 12.9. The van der Waals surface area contributed by atoms with Crippen LogP contribution in [0, 0.1) is 10.1 Å². The number of nitro groups is 1. The van der Waals surface area contributed by atoms with Gasteiger partial charge in [0.1, 0.15) is 6.04 Å². The molecule has 2 aliphatic heterocycles. The molecule has 0 saturated carbocycles. The molecule has 3 N–H and O–H groups in total. The van der Waals surface area contributed by atoms with Crippen molar-refractivity contribution in [1.82, 2.24) is 25.0 Å². The van der Waals surface area contributed by atoms with Gasteiger partial charge in [-0.15, -0.1) is 0 Å². The number of benzene rings is 1. The number of carbonyl (C=O) groups excluding carboxylic acids is 2. The van der Waals surface area contributed by atoms with Crippen LogP contribution in [0.25, 0.3) is 0 Å². The highest BCUT2D eigenvalue weighted by molar-refractivity contribution is 5.97. The quantitative estimate of drug-likeness (QED) is 0.316. The molecule has 12 nitrogen and oxygen atoms in total. The van der Waals surface area contributed by atoms with Gasteiger partial charge in [0.25, 0.3) is 11.6 Å². The number of non-ortho nitro benzene ring substituents is 1. The Kier molecular flexibility index (Phi) is 9.71. The SMILES string of the molecule is NCCNC(=O)C1CC(N(CCN2CCOCC2)Cc2ccc([N+](=O)[O-])cc2)CN1C(=O)c1cccnc1. The Labute approximate surface area is 221 Å². The van der Waals surface area contributed by atoms with Crippen molar-refractivity contribution < 1.29 is 19.2 Å². The minimum Gasteiger partial charge on any atom is -0.379 e. The Hall–Kier alpha value is -3.45. The number of likely N-dealkylation sites (tertiary alicyclic amines) is 1. The fourth-order valence-corrected chi connectivity index (χ4v) is 4.96. The van der Waals surface area contributed by atoms with Crippen LogP contribution in [-0.2, 0) is 16.1 Å². The molecule has 38 heavy (non-hydrogen) atoms. The largest absolute Gasteiger partial charge is 0.379 e. The Morgan fingerprint density at radius 1 is 1.21 bits per heavy atom. The van der Waals surface area contributed by atoms with E-state index in [1.54, 1.807) is 35.4 Å². The maximum absolute atomic E-state index is 13.4. The summed E-state index contributed by atoms with van der Waals surface area (Å²) in [5, 5.41) is 13.9. The highest BCUT2D eigenvalue weighted by Crippen LogP contribution is 2.26. The van der Waals surface area contributed by atoms with Crippen molar-refractivity contribution in [2.75, 3.05) is 59.0 Å². The average Bonchev–Trinajstić information content (AvgIpc) is 3.40. The van der Waals surface area contributed by atoms with Crippen LogP contribution in [0.15, 0.2) is 48.8 Å². The first kappa shape index (κ1) is 27.6. The first-order valence-electron chi connectivity index (χ1n) is 12.9. The number of nitrogens with zero attached hydrogens (tertiary/aromatic N) is 5. The lowest BCUT2D eigenvalue weighted by atomic mass is 10.1. The molecule has 1 aromatic heterocycles. The molecule has 12 heteroatoms. The van der Waals surface area contributed by atoms with Gasteiger partial charge in [0.05, 0.1) is 23.7 Å². The van der Waals surface area contributed by atoms with Crippen molar-refractivity contribution >= 4 is 17.5 Å². The van der Waals surface area contributed by atoms with Gasteiger partial charge in [-0.25, -0.2) is 0 Å². The van der Waals surface area contributed by atoms with Crippen molar-refractivity contribution in [1.29, 1.82) is 0 Å². The summed E-state index contributed by atoms with van der Waals surface area (Å²) in [5.74, 6) is -0.462. The van der Waals surface area contributed by atoms with E-state index in [-0.39, 0.29) is 23.5 Å². The highest BCUT2D eigenvalue weighted by Gasteiger charge is 2.42. The van der Waals surface area contributed by atoms with Gasteiger partial charge in [0.2, 0.25) is 5.91 Å².